The molecule has 0 aliphatic rings. The molecule has 0 radical (unpaired) electrons. The first-order valence-electron chi connectivity index (χ1n) is 10.2. The lowest BCUT2D eigenvalue weighted by Crippen LogP contribution is -2.04. The molecule has 3 rings (SSSR count). The number of aliphatic hydroxyl groups excluding tert-OH is 1. The highest BCUT2D eigenvalue weighted by molar-refractivity contribution is 5.94. The second-order valence-corrected chi connectivity index (χ2v) is 7.32. The summed E-state index contributed by atoms with van der Waals surface area (Å²) in [5.74, 6) is 2.42. The van der Waals surface area contributed by atoms with Gasteiger partial charge in [0, 0.05) is 29.8 Å². The molecule has 0 atom stereocenters. The summed E-state index contributed by atoms with van der Waals surface area (Å²) in [4.78, 5) is 4.57. The average molecular weight is 407 g/mol. The van der Waals surface area contributed by atoms with Crippen LogP contribution in [0.1, 0.15) is 30.4 Å². The van der Waals surface area contributed by atoms with E-state index in [-0.39, 0.29) is 6.61 Å². The summed E-state index contributed by atoms with van der Waals surface area (Å²) in [5, 5.41) is 14.9. The first-order valence-corrected chi connectivity index (χ1v) is 10.2. The van der Waals surface area contributed by atoms with Crippen molar-refractivity contribution in [1.82, 2.24) is 4.98 Å². The molecule has 0 bridgehead atoms. The molecular formula is C25H30N2O3. The van der Waals surface area contributed by atoms with Gasteiger partial charge in [0.25, 0.3) is 0 Å². The number of pyridine rings is 1. The third-order valence-electron chi connectivity index (χ3n) is 5.29. The maximum absolute atomic E-state index is 9.09. The minimum absolute atomic E-state index is 0.0773. The van der Waals surface area contributed by atoms with Gasteiger partial charge in [-0.2, -0.15) is 0 Å². The summed E-state index contributed by atoms with van der Waals surface area (Å²) in [6, 6.07) is 14.3. The molecule has 0 unspecified atom stereocenters. The van der Waals surface area contributed by atoms with Gasteiger partial charge in [-0.25, -0.2) is 4.98 Å². The molecule has 0 aliphatic heterocycles. The zero-order valence-corrected chi connectivity index (χ0v) is 17.8. The number of nitrogens with one attached hydrogen (secondary N) is 1. The number of ether oxygens (including phenoxy) is 2. The number of nitrogens with zero attached hydrogens (tertiary/aromatic N) is 1. The Morgan fingerprint density at radius 1 is 1.03 bits per heavy atom. The van der Waals surface area contributed by atoms with E-state index in [1.807, 2.05) is 24.4 Å². The van der Waals surface area contributed by atoms with E-state index in [0.717, 1.165) is 59.5 Å². The Kier molecular flexibility index (Phi) is 7.69. The fourth-order valence-corrected chi connectivity index (χ4v) is 3.58. The quantitative estimate of drug-likeness (QED) is 0.342. The van der Waals surface area contributed by atoms with E-state index in [9.17, 15) is 0 Å². The standard InChI is InChI=1S/C25H30N2O3/c1-18(17-28)7-4-5-8-19-9-6-10-23-22(19)13-14-26-25(23)27-16-20-11-12-21(29-2)15-24(20)30-3/h6,9-15,28H,1,4-5,7-8,16-17H2,2-3H3,(H,26,27). The van der Waals surface area contributed by atoms with Crippen LogP contribution in [-0.2, 0) is 13.0 Å². The number of anilines is 1. The predicted molar refractivity (Wildman–Crippen MR) is 122 cm³/mol. The van der Waals surface area contributed by atoms with Crippen molar-refractivity contribution in [2.24, 2.45) is 0 Å². The van der Waals surface area contributed by atoms with Crippen molar-refractivity contribution in [3.8, 4) is 11.5 Å². The Hall–Kier alpha value is -3.05. The van der Waals surface area contributed by atoms with Crippen LogP contribution in [0, 0.1) is 0 Å². The molecule has 2 aromatic carbocycles. The van der Waals surface area contributed by atoms with Crippen molar-refractivity contribution in [2.75, 3.05) is 26.1 Å². The number of aryl methyl sites for hydroxylation is 1. The Morgan fingerprint density at radius 2 is 1.90 bits per heavy atom. The maximum Gasteiger partial charge on any atom is 0.134 e. The fraction of sp³-hybridized carbons (Fsp3) is 0.320. The minimum Gasteiger partial charge on any atom is -0.497 e. The van der Waals surface area contributed by atoms with E-state index < -0.39 is 0 Å². The Balaban J connectivity index is 1.74. The number of unbranched alkanes of at least 4 members (excludes halogenated alkanes) is 1. The fourth-order valence-electron chi connectivity index (χ4n) is 3.58. The number of aliphatic hydroxyl groups is 1. The molecule has 0 amide bonds. The second-order valence-electron chi connectivity index (χ2n) is 7.32. The molecule has 0 fully saturated rings. The van der Waals surface area contributed by atoms with Crippen LogP contribution in [0.4, 0.5) is 5.82 Å². The smallest absolute Gasteiger partial charge is 0.134 e. The molecule has 0 saturated heterocycles. The average Bonchev–Trinajstić information content (AvgIpc) is 2.80. The lowest BCUT2D eigenvalue weighted by molar-refractivity contribution is 0.326. The zero-order valence-electron chi connectivity index (χ0n) is 17.8. The van der Waals surface area contributed by atoms with Crippen LogP contribution < -0.4 is 14.8 Å². The van der Waals surface area contributed by atoms with E-state index >= 15 is 0 Å². The zero-order chi connectivity index (χ0) is 21.3. The number of aromatic nitrogens is 1. The van der Waals surface area contributed by atoms with E-state index in [1.54, 1.807) is 14.2 Å². The van der Waals surface area contributed by atoms with Gasteiger partial charge < -0.3 is 19.9 Å². The molecule has 0 spiro atoms. The molecule has 2 N–H and O–H groups in total. The summed E-state index contributed by atoms with van der Waals surface area (Å²) < 4.78 is 10.8. The first-order chi connectivity index (χ1) is 14.7. The molecule has 30 heavy (non-hydrogen) atoms. The summed E-state index contributed by atoms with van der Waals surface area (Å²) >= 11 is 0. The van der Waals surface area contributed by atoms with Crippen LogP contribution >= 0.6 is 0 Å². The van der Waals surface area contributed by atoms with Crippen LogP contribution in [0.15, 0.2) is 60.8 Å². The molecule has 0 saturated carbocycles. The van der Waals surface area contributed by atoms with Gasteiger partial charge in [0.05, 0.1) is 20.8 Å². The van der Waals surface area contributed by atoms with Gasteiger partial charge in [0.2, 0.25) is 0 Å². The van der Waals surface area contributed by atoms with Crippen LogP contribution in [0.5, 0.6) is 11.5 Å². The lowest BCUT2D eigenvalue weighted by Gasteiger charge is -2.14. The van der Waals surface area contributed by atoms with Gasteiger partial charge in [-0.05, 0) is 54.8 Å². The third-order valence-corrected chi connectivity index (χ3v) is 5.29. The Labute approximate surface area is 178 Å². The highest BCUT2D eigenvalue weighted by Gasteiger charge is 2.09. The van der Waals surface area contributed by atoms with E-state index in [2.05, 4.69) is 41.1 Å². The van der Waals surface area contributed by atoms with E-state index in [1.165, 1.54) is 10.9 Å². The molecule has 0 aliphatic carbocycles. The van der Waals surface area contributed by atoms with Crippen molar-refractivity contribution < 1.29 is 14.6 Å². The lowest BCUT2D eigenvalue weighted by atomic mass is 9.99. The van der Waals surface area contributed by atoms with Crippen molar-refractivity contribution in [2.45, 2.75) is 32.2 Å². The van der Waals surface area contributed by atoms with Crippen LogP contribution in [0.2, 0.25) is 0 Å². The largest absolute Gasteiger partial charge is 0.497 e. The third kappa shape index (κ3) is 5.30. The second kappa shape index (κ2) is 10.6. The van der Waals surface area contributed by atoms with Crippen molar-refractivity contribution in [3.63, 3.8) is 0 Å². The van der Waals surface area contributed by atoms with Crippen molar-refractivity contribution in [3.05, 3.63) is 71.9 Å². The summed E-state index contributed by atoms with van der Waals surface area (Å²) in [6.45, 7) is 4.55. The number of rotatable bonds is 11. The van der Waals surface area contributed by atoms with Crippen LogP contribution in [0.25, 0.3) is 10.8 Å². The normalized spacial score (nSPS) is 10.8. The van der Waals surface area contributed by atoms with E-state index in [4.69, 9.17) is 14.6 Å². The number of hydrogen-bond donors (Lipinski definition) is 2. The van der Waals surface area contributed by atoms with Crippen molar-refractivity contribution >= 4 is 16.6 Å². The molecule has 158 valence electrons. The molecule has 1 aromatic heterocycles. The number of hydrogen-bond acceptors (Lipinski definition) is 5. The number of methoxy groups -OCH3 is 2. The summed E-state index contributed by atoms with van der Waals surface area (Å²) in [7, 11) is 3.31. The van der Waals surface area contributed by atoms with Crippen LogP contribution in [-0.4, -0.2) is 30.9 Å². The Bertz CT molecular complexity index is 1000. The predicted octanol–water partition coefficient (Wildman–Crippen LogP) is 5.13. The summed E-state index contributed by atoms with van der Waals surface area (Å²) in [5.41, 5.74) is 3.25. The van der Waals surface area contributed by atoms with Gasteiger partial charge in [0.15, 0.2) is 0 Å². The maximum atomic E-state index is 9.09. The van der Waals surface area contributed by atoms with Crippen LogP contribution in [0.3, 0.4) is 0 Å². The minimum atomic E-state index is 0.0773. The van der Waals surface area contributed by atoms with Gasteiger partial charge in [-0.3, -0.25) is 0 Å². The highest BCUT2D eigenvalue weighted by Crippen LogP contribution is 2.28. The van der Waals surface area contributed by atoms with E-state index in [0.29, 0.717) is 6.54 Å². The summed E-state index contributed by atoms with van der Waals surface area (Å²) in [6.07, 6.45) is 5.81. The van der Waals surface area contributed by atoms with Gasteiger partial charge >= 0.3 is 0 Å². The number of fused-ring (bicyclic) bond motifs is 1. The SMILES string of the molecule is C=C(CO)CCCCc1cccc2c(NCc3ccc(OC)cc3OC)nccc12. The monoisotopic (exact) mass is 406 g/mol. The molecule has 1 heterocycles. The molecular weight excluding hydrogens is 376 g/mol. The molecule has 5 heteroatoms. The van der Waals surface area contributed by atoms with Crippen molar-refractivity contribution in [1.29, 1.82) is 0 Å². The highest BCUT2D eigenvalue weighted by atomic mass is 16.5. The topological polar surface area (TPSA) is 63.6 Å². The van der Waals surface area contributed by atoms with Gasteiger partial charge in [-0.15, -0.1) is 0 Å². The first kappa shape index (κ1) is 21.7. The molecule has 5 nitrogen and oxygen atoms in total. The van der Waals surface area contributed by atoms with Gasteiger partial charge in [-0.1, -0.05) is 30.4 Å². The van der Waals surface area contributed by atoms with Gasteiger partial charge in [0.1, 0.15) is 17.3 Å². The molecule has 3 aromatic rings. The number of benzene rings is 2. The Morgan fingerprint density at radius 3 is 2.67 bits per heavy atom.